The molecule has 81 heavy (non-hydrogen) atoms. The summed E-state index contributed by atoms with van der Waals surface area (Å²) in [6.45, 7) is 10.6. The number of fused-ring (bicyclic) bond motifs is 33. The predicted molar refractivity (Wildman–Crippen MR) is 317 cm³/mol. The van der Waals surface area contributed by atoms with Crippen molar-refractivity contribution in [2.24, 2.45) is 164 Å². The van der Waals surface area contributed by atoms with Crippen LogP contribution in [-0.4, -0.2) is 94.9 Å². The third-order valence-electron chi connectivity index (χ3n) is 29.9. The summed E-state index contributed by atoms with van der Waals surface area (Å²) in [7, 11) is 1.84. The van der Waals surface area contributed by atoms with Gasteiger partial charge in [-0.15, -0.1) is 12.6 Å². The second-order valence-electron chi connectivity index (χ2n) is 32.2. The summed E-state index contributed by atoms with van der Waals surface area (Å²) in [5.74, 6) is 15.7. The van der Waals surface area contributed by atoms with E-state index < -0.39 is 4.93 Å². The third kappa shape index (κ3) is 7.39. The first-order valence-corrected chi connectivity index (χ1v) is 35.0. The number of carbonyl (C=O) groups excluding carboxylic acids is 5. The van der Waals surface area contributed by atoms with Crippen LogP contribution >= 0.6 is 63.1 Å². The lowest BCUT2D eigenvalue weighted by molar-refractivity contribution is -0.154. The summed E-state index contributed by atoms with van der Waals surface area (Å²) in [6.07, 6.45) is 21.5. The molecular formula is C65H90O11S5. The Kier molecular flexibility index (Phi) is 12.9. The summed E-state index contributed by atoms with van der Waals surface area (Å²) in [6, 6.07) is 0. The van der Waals surface area contributed by atoms with Crippen LogP contribution in [0.4, 0.5) is 0 Å². The predicted octanol–water partition coefficient (Wildman–Crippen LogP) is 10.6. The lowest BCUT2D eigenvalue weighted by atomic mass is 9.57. The van der Waals surface area contributed by atoms with Crippen LogP contribution in [0.25, 0.3) is 0 Å². The minimum absolute atomic E-state index is 0.0498. The number of carbonyl (C=O) groups is 5. The van der Waals surface area contributed by atoms with Gasteiger partial charge >= 0.3 is 29.8 Å². The molecule has 0 radical (unpaired) electrons. The number of cyclic esters (lactones) is 3. The van der Waals surface area contributed by atoms with Crippen LogP contribution in [0.15, 0.2) is 0 Å². The molecule has 6 aliphatic heterocycles. The lowest BCUT2D eigenvalue weighted by Gasteiger charge is -2.48. The summed E-state index contributed by atoms with van der Waals surface area (Å²) in [4.78, 5) is 58.2. The normalized spacial score (nSPS) is 60.4. The molecule has 21 fully saturated rings. The zero-order valence-corrected chi connectivity index (χ0v) is 52.7. The fraction of sp³-hybridized carbons (Fsp3) is 0.923. The molecule has 6 heterocycles. The quantitative estimate of drug-likeness (QED) is 0.0742. The van der Waals surface area contributed by atoms with E-state index in [1.165, 1.54) is 77.0 Å². The summed E-state index contributed by atoms with van der Waals surface area (Å²) in [5, 5.41) is 1.94. The van der Waals surface area contributed by atoms with Crippen LogP contribution < -0.4 is 0 Å². The lowest BCUT2D eigenvalue weighted by Crippen LogP contribution is -2.47. The van der Waals surface area contributed by atoms with E-state index in [0.29, 0.717) is 97.8 Å². The highest BCUT2D eigenvalue weighted by molar-refractivity contribution is 7.82. The average molecular weight is 1210 g/mol. The number of hydrogen-bond acceptors (Lipinski definition) is 16. The number of esters is 5. The smallest absolute Gasteiger partial charge is 0.313 e. The maximum absolute atomic E-state index is 12.0. The molecule has 0 aromatic carbocycles. The Morgan fingerprint density at radius 3 is 1.68 bits per heavy atom. The molecule has 446 valence electrons. The molecule has 0 N–H and O–H groups in total. The molecule has 0 amide bonds. The van der Waals surface area contributed by atoms with E-state index in [1.807, 2.05) is 14.0 Å². The number of rotatable bonds is 1. The van der Waals surface area contributed by atoms with E-state index in [4.69, 9.17) is 66.3 Å². The summed E-state index contributed by atoms with van der Waals surface area (Å²) < 4.78 is 32.5. The Bertz CT molecular complexity index is 2670. The standard InChI is InChI=1S/C16H22O2S.C15H20O3S.C15H20O2S.C10H14O2S.C9H14O2S/c1-7-8-2-12(14(7)19)16(4-8)5-9-3-11(16)10-6-18-15(17)13(9)10;1-17-13-7-3-8(14(13)19)11-6-2-5(10(7)11)9-4-18-15(16)12(6)9;16-14-13-8-3-10(9(13)6-17-14)15(5-8)4-7-1-11(15)12(18)2-7;11-10-7-2-5-1-6(4-7)9(13)8(3-5)12-10;1-7(2)8(3)4-5-9(7,12)11-6(8)10/h7-14,19H,2-6H2,1H3;5-14,19H,2-4H2,1H3;7-13,18H,1-6H2;5-9,13H,1-4H2;12H,4-5H2,1-3H3. The van der Waals surface area contributed by atoms with E-state index in [9.17, 15) is 24.0 Å². The van der Waals surface area contributed by atoms with Crippen molar-refractivity contribution in [3.05, 3.63) is 0 Å². The largest absolute Gasteiger partial charge is 0.465 e. The van der Waals surface area contributed by atoms with Crippen molar-refractivity contribution in [1.82, 2.24) is 0 Å². The summed E-state index contributed by atoms with van der Waals surface area (Å²) in [5.41, 5.74) is 0.660. The van der Waals surface area contributed by atoms with Crippen LogP contribution in [0, 0.1) is 164 Å². The van der Waals surface area contributed by atoms with E-state index in [0.717, 1.165) is 110 Å². The molecule has 34 atom stereocenters. The Morgan fingerprint density at radius 2 is 1.11 bits per heavy atom. The van der Waals surface area contributed by atoms with Crippen LogP contribution in [0.2, 0.25) is 0 Å². The maximum atomic E-state index is 12.0. The van der Waals surface area contributed by atoms with Gasteiger partial charge < -0.3 is 28.4 Å². The topological polar surface area (TPSA) is 141 Å². The second-order valence-corrected chi connectivity index (χ2v) is 35.4. The van der Waals surface area contributed by atoms with Gasteiger partial charge in [0.2, 0.25) is 0 Å². The molecule has 0 aromatic rings. The Hall–Kier alpha value is -0.940. The third-order valence-corrected chi connectivity index (χ3v) is 33.6. The van der Waals surface area contributed by atoms with Crippen molar-refractivity contribution >= 4 is 93.0 Å². The molecule has 0 aromatic heterocycles. The van der Waals surface area contributed by atoms with Crippen molar-refractivity contribution in [3.8, 4) is 0 Å². The van der Waals surface area contributed by atoms with Gasteiger partial charge in [0.25, 0.3) is 0 Å². The highest BCUT2D eigenvalue weighted by Crippen LogP contribution is 2.77. The van der Waals surface area contributed by atoms with E-state index in [-0.39, 0.29) is 70.5 Å². The number of hydrogen-bond donors (Lipinski definition) is 5. The van der Waals surface area contributed by atoms with Crippen molar-refractivity contribution in [2.75, 3.05) is 26.9 Å². The molecule has 6 saturated heterocycles. The van der Waals surface area contributed by atoms with E-state index in [2.05, 4.69) is 46.0 Å². The van der Waals surface area contributed by atoms with Crippen LogP contribution in [0.5, 0.6) is 0 Å². The van der Waals surface area contributed by atoms with Crippen LogP contribution in [0.3, 0.4) is 0 Å². The van der Waals surface area contributed by atoms with Crippen molar-refractivity contribution in [3.63, 3.8) is 0 Å². The van der Waals surface area contributed by atoms with E-state index in [1.54, 1.807) is 0 Å². The first-order chi connectivity index (χ1) is 38.6. The fourth-order valence-corrected chi connectivity index (χ4v) is 29.3. The first kappa shape index (κ1) is 55.4. The van der Waals surface area contributed by atoms with Crippen LogP contribution in [0.1, 0.15) is 137 Å². The van der Waals surface area contributed by atoms with Gasteiger partial charge in [-0.1, -0.05) is 20.8 Å². The van der Waals surface area contributed by atoms with Crippen molar-refractivity contribution in [1.29, 1.82) is 0 Å². The minimum Gasteiger partial charge on any atom is -0.465 e. The van der Waals surface area contributed by atoms with Gasteiger partial charge in [0.05, 0.1) is 55.0 Å². The van der Waals surface area contributed by atoms with Crippen LogP contribution in [-0.2, 0) is 52.4 Å². The minimum atomic E-state index is -0.515. The summed E-state index contributed by atoms with van der Waals surface area (Å²) >= 11 is 23.7. The molecule has 15 saturated carbocycles. The molecule has 2 spiro atoms. The average Bonchev–Trinajstić information content (AvgIpc) is 2.23. The van der Waals surface area contributed by atoms with Gasteiger partial charge in [-0.25, -0.2) is 0 Å². The van der Waals surface area contributed by atoms with Gasteiger partial charge in [-0.05, 0) is 228 Å². The maximum Gasteiger partial charge on any atom is 0.313 e. The van der Waals surface area contributed by atoms with Gasteiger partial charge in [-0.2, -0.15) is 50.5 Å². The Morgan fingerprint density at radius 1 is 0.506 bits per heavy atom. The zero-order chi connectivity index (χ0) is 56.1. The molecule has 16 heteroatoms. The first-order valence-electron chi connectivity index (χ1n) is 32.5. The highest BCUT2D eigenvalue weighted by Gasteiger charge is 2.75. The molecule has 21 rings (SSSR count). The fourth-order valence-electron chi connectivity index (χ4n) is 26.4. The Labute approximate surface area is 507 Å². The molecule has 11 nitrogen and oxygen atoms in total. The molecular weight excluding hydrogens is 1120 g/mol. The molecule has 18 bridgehead atoms. The zero-order valence-electron chi connectivity index (χ0n) is 48.2. The monoisotopic (exact) mass is 1210 g/mol. The van der Waals surface area contributed by atoms with Crippen molar-refractivity contribution < 1.29 is 52.4 Å². The van der Waals surface area contributed by atoms with Crippen molar-refractivity contribution in [2.45, 2.75) is 175 Å². The van der Waals surface area contributed by atoms with Gasteiger partial charge in [0.1, 0.15) is 6.10 Å². The SMILES string of the molecule is CC12CCC(S)(OC1=O)C2(C)C.CC1C2CC(C1S)C1(C2)CC2CC1C1COC(=O)C21.COC1C(S)C2CC1C1C3CC(C4C(=O)OCC34)C21.O=C1OC2CC3CC1CC(C3)C2S.O=C1OCC2C1C1CC2C2(CC3CC(S)C2C3)C1. The molecule has 34 unspecified atom stereocenters. The highest BCUT2D eigenvalue weighted by atomic mass is 32.1. The molecule has 21 aliphatic rings. The van der Waals surface area contributed by atoms with Gasteiger partial charge in [-0.3, -0.25) is 24.0 Å². The Balaban J connectivity index is 0.0000000847. The number of thiol groups is 5. The number of methoxy groups -OCH3 is 1. The van der Waals surface area contributed by atoms with Gasteiger partial charge in [0, 0.05) is 51.3 Å². The van der Waals surface area contributed by atoms with E-state index >= 15 is 0 Å². The number of ether oxygens (including phenoxy) is 6. The molecule has 15 aliphatic carbocycles. The second kappa shape index (κ2) is 18.8. The van der Waals surface area contributed by atoms with Gasteiger partial charge in [0.15, 0.2) is 4.93 Å².